The Morgan fingerprint density at radius 1 is 0.957 bits per heavy atom. The highest BCUT2D eigenvalue weighted by Gasteiger charge is 2.44. The maximum absolute atomic E-state index is 14.4. The van der Waals surface area contributed by atoms with E-state index in [4.69, 9.17) is 5.73 Å². The fourth-order valence-electron chi connectivity index (χ4n) is 2.61. The van der Waals surface area contributed by atoms with Gasteiger partial charge in [0.15, 0.2) is 5.82 Å². The molecule has 0 aromatic heterocycles. The van der Waals surface area contributed by atoms with Crippen LogP contribution < -0.4 is 14.3 Å². The van der Waals surface area contributed by atoms with E-state index in [0.717, 1.165) is 4.31 Å². The third-order valence-electron chi connectivity index (χ3n) is 3.61. The third kappa shape index (κ3) is 2.53. The number of nitrogens with two attached hydrogens (primary N) is 1. The minimum Gasteiger partial charge on any atom is -0.330 e. The molecule has 124 valence electrons. The maximum Gasteiger partial charge on any atom is 0.150 e. The van der Waals surface area contributed by atoms with Crippen LogP contribution in [0, 0.1) is 11.6 Å². The second-order valence-electron chi connectivity index (χ2n) is 5.09. The molecule has 0 aliphatic carbocycles. The Morgan fingerprint density at radius 2 is 1.61 bits per heavy atom. The highest BCUT2D eigenvalue weighted by molar-refractivity contribution is 8.27. The molecule has 0 unspecified atom stereocenters. The van der Waals surface area contributed by atoms with Gasteiger partial charge in [-0.25, -0.2) is 13.1 Å². The smallest absolute Gasteiger partial charge is 0.150 e. The molecule has 0 saturated carbocycles. The summed E-state index contributed by atoms with van der Waals surface area (Å²) in [6, 6.07) is 9.86. The lowest BCUT2D eigenvalue weighted by Crippen LogP contribution is -2.33. The van der Waals surface area contributed by atoms with Crippen LogP contribution in [0.3, 0.4) is 0 Å². The van der Waals surface area contributed by atoms with Gasteiger partial charge in [-0.05, 0) is 48.2 Å². The van der Waals surface area contributed by atoms with Gasteiger partial charge < -0.3 is 5.73 Å². The van der Waals surface area contributed by atoms with E-state index in [0.29, 0.717) is 18.7 Å². The fraction of sp³-hybridized carbons (Fsp3) is 0.200. The van der Waals surface area contributed by atoms with Crippen molar-refractivity contribution in [3.63, 3.8) is 0 Å². The molecule has 2 aromatic rings. The van der Waals surface area contributed by atoms with Crippen LogP contribution in [0.1, 0.15) is 6.42 Å². The Labute approximate surface area is 134 Å². The van der Waals surface area contributed by atoms with E-state index in [1.54, 1.807) is 12.1 Å². The van der Waals surface area contributed by atoms with Crippen LogP contribution in [-0.2, 0) is 0 Å². The van der Waals surface area contributed by atoms with Crippen LogP contribution >= 0.6 is 11.0 Å². The highest BCUT2D eigenvalue weighted by atomic mass is 32.3. The quantitative estimate of drug-likeness (QED) is 0.788. The molecule has 23 heavy (non-hydrogen) atoms. The average molecular weight is 341 g/mol. The van der Waals surface area contributed by atoms with E-state index in [1.165, 1.54) is 34.6 Å². The number of anilines is 3. The second-order valence-corrected chi connectivity index (χ2v) is 6.87. The van der Waals surface area contributed by atoms with Gasteiger partial charge in [0.25, 0.3) is 0 Å². The standard InChI is InChI=1S/C15H17F2N3O2S/c16-11-5-1-2-7-13(11)20-15-12(17)6-3-8-14(15)19(10-4-9-18)23(20,21)22/h1-3,5-8,21-22H,4,9-10,18H2. The van der Waals surface area contributed by atoms with Crippen molar-refractivity contribution < 1.29 is 17.9 Å². The number of hydrogen-bond donors (Lipinski definition) is 3. The summed E-state index contributed by atoms with van der Waals surface area (Å²) in [4.78, 5) is 0. The summed E-state index contributed by atoms with van der Waals surface area (Å²) in [5.41, 5.74) is 5.66. The first-order valence-electron chi connectivity index (χ1n) is 7.07. The molecule has 1 aliphatic rings. The van der Waals surface area contributed by atoms with Gasteiger partial charge in [0.2, 0.25) is 0 Å². The summed E-state index contributed by atoms with van der Waals surface area (Å²) >= 11 is 0. The average Bonchev–Trinajstić information content (AvgIpc) is 2.74. The van der Waals surface area contributed by atoms with Gasteiger partial charge in [-0.3, -0.25) is 13.4 Å². The lowest BCUT2D eigenvalue weighted by Gasteiger charge is -2.43. The lowest BCUT2D eigenvalue weighted by atomic mass is 10.2. The van der Waals surface area contributed by atoms with Gasteiger partial charge in [-0.1, -0.05) is 18.2 Å². The molecule has 5 nitrogen and oxygen atoms in total. The summed E-state index contributed by atoms with van der Waals surface area (Å²) in [7, 11) is -3.63. The Balaban J connectivity index is 2.19. The predicted molar refractivity (Wildman–Crippen MR) is 88.8 cm³/mol. The number of hydrogen-bond acceptors (Lipinski definition) is 5. The molecule has 0 bridgehead atoms. The van der Waals surface area contributed by atoms with E-state index >= 15 is 0 Å². The van der Waals surface area contributed by atoms with E-state index in [2.05, 4.69) is 0 Å². The van der Waals surface area contributed by atoms with E-state index in [1.807, 2.05) is 0 Å². The van der Waals surface area contributed by atoms with Crippen molar-refractivity contribution in [2.75, 3.05) is 21.7 Å². The first-order chi connectivity index (χ1) is 11.0. The zero-order chi connectivity index (χ0) is 16.6. The fourth-order valence-corrected chi connectivity index (χ4v) is 4.43. The van der Waals surface area contributed by atoms with Crippen LogP contribution in [0.4, 0.5) is 25.8 Å². The highest BCUT2D eigenvalue weighted by Crippen LogP contribution is 2.64. The Hall–Kier alpha value is -1.87. The zero-order valence-corrected chi connectivity index (χ0v) is 13.0. The van der Waals surface area contributed by atoms with Crippen molar-refractivity contribution in [3.8, 4) is 0 Å². The topological polar surface area (TPSA) is 73.0 Å². The molecule has 0 amide bonds. The number of rotatable bonds is 4. The molecule has 1 heterocycles. The minimum atomic E-state index is -3.63. The zero-order valence-electron chi connectivity index (χ0n) is 12.2. The molecule has 0 saturated heterocycles. The normalized spacial score (nSPS) is 17.3. The molecule has 8 heteroatoms. The Bertz CT molecular complexity index is 730. The summed E-state index contributed by atoms with van der Waals surface area (Å²) < 4.78 is 52.1. The minimum absolute atomic E-state index is 0.0466. The molecular formula is C15H17F2N3O2S. The summed E-state index contributed by atoms with van der Waals surface area (Å²) in [5.74, 6) is -1.32. The molecule has 4 N–H and O–H groups in total. The number of fused-ring (bicyclic) bond motifs is 1. The number of para-hydroxylation sites is 2. The summed E-state index contributed by atoms with van der Waals surface area (Å²) in [5, 5.41) is 0. The van der Waals surface area contributed by atoms with Gasteiger partial charge in [0, 0.05) is 6.54 Å². The molecule has 0 fully saturated rings. The first-order valence-corrected chi connectivity index (χ1v) is 8.54. The van der Waals surface area contributed by atoms with Crippen molar-refractivity contribution in [2.24, 2.45) is 5.73 Å². The summed E-state index contributed by atoms with van der Waals surface area (Å²) in [6.45, 7) is 0.566. The molecule has 0 radical (unpaired) electrons. The van der Waals surface area contributed by atoms with Crippen molar-refractivity contribution >= 4 is 28.0 Å². The molecule has 2 aromatic carbocycles. The van der Waals surface area contributed by atoms with Gasteiger partial charge in [0.05, 0.1) is 5.69 Å². The van der Waals surface area contributed by atoms with Crippen LogP contribution in [0.5, 0.6) is 0 Å². The molecule has 3 rings (SSSR count). The SMILES string of the molecule is NCCCN1c2cccc(F)c2N(c2ccccc2F)S1(O)O. The predicted octanol–water partition coefficient (Wildman–Crippen LogP) is 3.85. The van der Waals surface area contributed by atoms with Crippen LogP contribution in [0.25, 0.3) is 0 Å². The van der Waals surface area contributed by atoms with Gasteiger partial charge >= 0.3 is 0 Å². The van der Waals surface area contributed by atoms with Crippen molar-refractivity contribution in [3.05, 3.63) is 54.1 Å². The molecular weight excluding hydrogens is 324 g/mol. The maximum atomic E-state index is 14.4. The van der Waals surface area contributed by atoms with E-state index in [9.17, 15) is 17.9 Å². The van der Waals surface area contributed by atoms with Crippen molar-refractivity contribution in [1.82, 2.24) is 0 Å². The number of nitrogens with zero attached hydrogens (tertiary/aromatic N) is 2. The van der Waals surface area contributed by atoms with Gasteiger partial charge in [-0.15, -0.1) is 0 Å². The number of benzene rings is 2. The van der Waals surface area contributed by atoms with Crippen molar-refractivity contribution in [2.45, 2.75) is 6.42 Å². The van der Waals surface area contributed by atoms with E-state index in [-0.39, 0.29) is 17.9 Å². The molecule has 0 spiro atoms. The second kappa shape index (κ2) is 5.97. The van der Waals surface area contributed by atoms with Crippen LogP contribution in [0.2, 0.25) is 0 Å². The monoisotopic (exact) mass is 341 g/mol. The first kappa shape index (κ1) is 16.0. The molecule has 0 atom stereocenters. The largest absolute Gasteiger partial charge is 0.330 e. The Kier molecular flexibility index (Phi) is 4.15. The van der Waals surface area contributed by atoms with Crippen LogP contribution in [-0.4, -0.2) is 22.2 Å². The van der Waals surface area contributed by atoms with Crippen LogP contribution in [0.15, 0.2) is 42.5 Å². The number of halogens is 2. The van der Waals surface area contributed by atoms with Crippen molar-refractivity contribution in [1.29, 1.82) is 0 Å². The van der Waals surface area contributed by atoms with Gasteiger partial charge in [0.1, 0.15) is 17.2 Å². The summed E-state index contributed by atoms with van der Waals surface area (Å²) in [6.07, 6.45) is 0.483. The Morgan fingerprint density at radius 3 is 2.30 bits per heavy atom. The van der Waals surface area contributed by atoms with Gasteiger partial charge in [-0.2, -0.15) is 0 Å². The molecule has 1 aliphatic heterocycles. The van der Waals surface area contributed by atoms with E-state index < -0.39 is 22.6 Å². The lowest BCUT2D eigenvalue weighted by molar-refractivity contribution is 0.482. The third-order valence-corrected chi connectivity index (χ3v) is 5.45.